The van der Waals surface area contributed by atoms with Crippen molar-refractivity contribution in [2.75, 3.05) is 6.54 Å². The van der Waals surface area contributed by atoms with Gasteiger partial charge >= 0.3 is 0 Å². The fourth-order valence-corrected chi connectivity index (χ4v) is 2.28. The van der Waals surface area contributed by atoms with Gasteiger partial charge < -0.3 is 5.32 Å². The molecule has 1 nitrogen and oxygen atoms in total. The number of nitrogens with one attached hydrogen (secondary N) is 1. The van der Waals surface area contributed by atoms with E-state index in [1.165, 1.54) is 22.3 Å². The third-order valence-electron chi connectivity index (χ3n) is 3.32. The quantitative estimate of drug-likeness (QED) is 0.802. The summed E-state index contributed by atoms with van der Waals surface area (Å²) in [4.78, 5) is 0. The van der Waals surface area contributed by atoms with E-state index in [0.29, 0.717) is 0 Å². The maximum Gasteiger partial charge on any atom is 0.0406 e. The lowest BCUT2D eigenvalue weighted by atomic mass is 10.1. The van der Waals surface area contributed by atoms with Gasteiger partial charge in [-0.1, -0.05) is 47.5 Å². The summed E-state index contributed by atoms with van der Waals surface area (Å²) in [5, 5.41) is 4.29. The molecule has 0 bridgehead atoms. The fourth-order valence-electron chi connectivity index (χ4n) is 2.15. The molecule has 0 saturated heterocycles. The summed E-state index contributed by atoms with van der Waals surface area (Å²) in [5.74, 6) is 0. The van der Waals surface area contributed by atoms with Crippen LogP contribution < -0.4 is 5.32 Å². The SMILES string of the molecule is Cc1ccc(CNCCc2ccc(Cl)cc2)c(C)c1. The van der Waals surface area contributed by atoms with Crippen molar-refractivity contribution in [2.24, 2.45) is 0 Å². The van der Waals surface area contributed by atoms with E-state index in [2.05, 4.69) is 49.5 Å². The van der Waals surface area contributed by atoms with E-state index in [9.17, 15) is 0 Å². The van der Waals surface area contributed by atoms with Crippen molar-refractivity contribution < 1.29 is 0 Å². The molecule has 0 unspecified atom stereocenters. The van der Waals surface area contributed by atoms with Crippen molar-refractivity contribution in [3.05, 3.63) is 69.7 Å². The molecule has 0 saturated carbocycles. The molecule has 0 spiro atoms. The molecule has 0 heterocycles. The molecule has 2 rings (SSSR count). The number of rotatable bonds is 5. The molecule has 2 heteroatoms. The molecule has 0 fully saturated rings. The maximum absolute atomic E-state index is 5.87. The van der Waals surface area contributed by atoms with Crippen LogP contribution in [0.4, 0.5) is 0 Å². The third kappa shape index (κ3) is 4.38. The van der Waals surface area contributed by atoms with Gasteiger partial charge in [0, 0.05) is 11.6 Å². The van der Waals surface area contributed by atoms with Crippen LogP contribution in [0, 0.1) is 13.8 Å². The van der Waals surface area contributed by atoms with Crippen molar-refractivity contribution in [2.45, 2.75) is 26.8 Å². The van der Waals surface area contributed by atoms with Gasteiger partial charge in [-0.3, -0.25) is 0 Å². The number of hydrogen-bond donors (Lipinski definition) is 1. The lowest BCUT2D eigenvalue weighted by Gasteiger charge is -2.09. The highest BCUT2D eigenvalue weighted by atomic mass is 35.5. The second kappa shape index (κ2) is 6.74. The van der Waals surface area contributed by atoms with Crippen LogP contribution in [0.2, 0.25) is 5.02 Å². The van der Waals surface area contributed by atoms with Crippen molar-refractivity contribution in [3.63, 3.8) is 0 Å². The molecule has 2 aromatic rings. The molecule has 0 aliphatic rings. The Bertz CT molecular complexity index is 531. The molecule has 0 aromatic heterocycles. The summed E-state index contributed by atoms with van der Waals surface area (Å²) in [5.41, 5.74) is 5.38. The van der Waals surface area contributed by atoms with Crippen molar-refractivity contribution >= 4 is 11.6 Å². The minimum Gasteiger partial charge on any atom is -0.312 e. The van der Waals surface area contributed by atoms with Gasteiger partial charge in [-0.05, 0) is 55.6 Å². The molecule has 0 aliphatic heterocycles. The minimum atomic E-state index is 0.798. The first-order valence-electron chi connectivity index (χ1n) is 6.66. The molecule has 0 amide bonds. The number of benzene rings is 2. The monoisotopic (exact) mass is 273 g/mol. The maximum atomic E-state index is 5.87. The van der Waals surface area contributed by atoms with Crippen LogP contribution in [0.25, 0.3) is 0 Å². The topological polar surface area (TPSA) is 12.0 Å². The largest absolute Gasteiger partial charge is 0.312 e. The molecule has 2 aromatic carbocycles. The second-order valence-electron chi connectivity index (χ2n) is 4.98. The molecule has 1 N–H and O–H groups in total. The molecule has 0 atom stereocenters. The summed E-state index contributed by atoms with van der Waals surface area (Å²) < 4.78 is 0. The molecule has 0 radical (unpaired) electrons. The first-order valence-corrected chi connectivity index (χ1v) is 7.04. The number of hydrogen-bond acceptors (Lipinski definition) is 1. The minimum absolute atomic E-state index is 0.798. The van der Waals surface area contributed by atoms with Crippen LogP contribution in [-0.4, -0.2) is 6.54 Å². The predicted octanol–water partition coefficient (Wildman–Crippen LogP) is 4.29. The lowest BCUT2D eigenvalue weighted by molar-refractivity contribution is 0.684. The van der Waals surface area contributed by atoms with Gasteiger partial charge in [-0.25, -0.2) is 0 Å². The van der Waals surface area contributed by atoms with E-state index < -0.39 is 0 Å². The molecule has 19 heavy (non-hydrogen) atoms. The Balaban J connectivity index is 1.79. The Morgan fingerprint density at radius 3 is 2.42 bits per heavy atom. The summed E-state index contributed by atoms with van der Waals surface area (Å²) in [6.07, 6.45) is 1.03. The van der Waals surface area contributed by atoms with Crippen LogP contribution in [0.3, 0.4) is 0 Å². The van der Waals surface area contributed by atoms with E-state index in [1.807, 2.05) is 12.1 Å². The van der Waals surface area contributed by atoms with E-state index in [-0.39, 0.29) is 0 Å². The van der Waals surface area contributed by atoms with Gasteiger partial charge in [-0.2, -0.15) is 0 Å². The highest BCUT2D eigenvalue weighted by Crippen LogP contribution is 2.11. The third-order valence-corrected chi connectivity index (χ3v) is 3.57. The molecular formula is C17H20ClN. The lowest BCUT2D eigenvalue weighted by Crippen LogP contribution is -2.17. The molecule has 100 valence electrons. The van der Waals surface area contributed by atoms with Gasteiger partial charge in [0.25, 0.3) is 0 Å². The van der Waals surface area contributed by atoms with E-state index in [4.69, 9.17) is 11.6 Å². The predicted molar refractivity (Wildman–Crippen MR) is 82.8 cm³/mol. The van der Waals surface area contributed by atoms with Crippen molar-refractivity contribution in [3.8, 4) is 0 Å². The highest BCUT2D eigenvalue weighted by molar-refractivity contribution is 6.30. The van der Waals surface area contributed by atoms with E-state index in [1.54, 1.807) is 0 Å². The Hall–Kier alpha value is -1.31. The van der Waals surface area contributed by atoms with Gasteiger partial charge in [-0.15, -0.1) is 0 Å². The average molecular weight is 274 g/mol. The average Bonchev–Trinajstić information content (AvgIpc) is 2.39. The van der Waals surface area contributed by atoms with Gasteiger partial charge in [0.2, 0.25) is 0 Å². The van der Waals surface area contributed by atoms with Crippen LogP contribution in [0.5, 0.6) is 0 Å². The summed E-state index contributed by atoms with van der Waals surface area (Å²) in [6.45, 7) is 6.21. The fraction of sp³-hybridized carbons (Fsp3) is 0.294. The standard InChI is InChI=1S/C17H20ClN/c1-13-3-6-16(14(2)11-13)12-19-10-9-15-4-7-17(18)8-5-15/h3-8,11,19H,9-10,12H2,1-2H3. The highest BCUT2D eigenvalue weighted by Gasteiger charge is 1.98. The number of aryl methyl sites for hydroxylation is 2. The van der Waals surface area contributed by atoms with Crippen LogP contribution in [0.1, 0.15) is 22.3 Å². The Labute approximate surface area is 120 Å². The molecular weight excluding hydrogens is 254 g/mol. The summed E-state index contributed by atoms with van der Waals surface area (Å²) in [7, 11) is 0. The van der Waals surface area contributed by atoms with E-state index in [0.717, 1.165) is 24.5 Å². The smallest absolute Gasteiger partial charge is 0.0406 e. The van der Waals surface area contributed by atoms with Crippen LogP contribution in [-0.2, 0) is 13.0 Å². The zero-order valence-corrected chi connectivity index (χ0v) is 12.3. The first-order chi connectivity index (χ1) is 9.15. The second-order valence-corrected chi connectivity index (χ2v) is 5.42. The van der Waals surface area contributed by atoms with Crippen molar-refractivity contribution in [1.82, 2.24) is 5.32 Å². The molecule has 0 aliphatic carbocycles. The zero-order chi connectivity index (χ0) is 13.7. The van der Waals surface area contributed by atoms with Crippen LogP contribution >= 0.6 is 11.6 Å². The zero-order valence-electron chi connectivity index (χ0n) is 11.5. The van der Waals surface area contributed by atoms with Crippen molar-refractivity contribution in [1.29, 1.82) is 0 Å². The van der Waals surface area contributed by atoms with Gasteiger partial charge in [0.15, 0.2) is 0 Å². The summed E-state index contributed by atoms with van der Waals surface area (Å²) in [6, 6.07) is 14.7. The van der Waals surface area contributed by atoms with Crippen LogP contribution in [0.15, 0.2) is 42.5 Å². The van der Waals surface area contributed by atoms with Gasteiger partial charge in [0.05, 0.1) is 0 Å². The Morgan fingerprint density at radius 1 is 1.00 bits per heavy atom. The first kappa shape index (κ1) is 14.1. The van der Waals surface area contributed by atoms with Gasteiger partial charge in [0.1, 0.15) is 0 Å². The summed E-state index contributed by atoms with van der Waals surface area (Å²) >= 11 is 5.87. The number of halogens is 1. The Morgan fingerprint density at radius 2 is 1.74 bits per heavy atom. The Kier molecular flexibility index (Phi) is 5.00. The van der Waals surface area contributed by atoms with E-state index >= 15 is 0 Å². The normalized spacial score (nSPS) is 10.7.